The predicted octanol–water partition coefficient (Wildman–Crippen LogP) is 2.88. The third-order valence-electron chi connectivity index (χ3n) is 3.41. The smallest absolute Gasteiger partial charge is 0.321 e. The minimum atomic E-state index is -0.427. The fourth-order valence-corrected chi connectivity index (χ4v) is 2.12. The number of benzene rings is 1. The van der Waals surface area contributed by atoms with E-state index >= 15 is 0 Å². The van der Waals surface area contributed by atoms with Crippen molar-refractivity contribution in [2.24, 2.45) is 5.92 Å². The number of rotatable bonds is 4. The fraction of sp³-hybridized carbons (Fsp3) is 0.500. The van der Waals surface area contributed by atoms with Gasteiger partial charge in [0.25, 0.3) is 0 Å². The minimum Gasteiger partial charge on any atom is -0.391 e. The number of hydrogen-bond donors (Lipinski definition) is 2. The first-order chi connectivity index (χ1) is 8.99. The number of urea groups is 1. The molecule has 1 aliphatic carbocycles. The lowest BCUT2D eigenvalue weighted by molar-refractivity contribution is 0.117. The zero-order chi connectivity index (χ0) is 14.0. The number of amides is 2. The van der Waals surface area contributed by atoms with Gasteiger partial charge in [-0.1, -0.05) is 23.7 Å². The Hall–Kier alpha value is -1.26. The molecule has 1 fully saturated rings. The molecule has 1 saturated carbocycles. The van der Waals surface area contributed by atoms with Crippen LogP contribution in [0.1, 0.15) is 18.4 Å². The standard InChI is InChI=1S/C14H19ClN2O2/c1-9-4-3-5-11(13(9)15)16-14(19)17(2)8-12(18)10-6-7-10/h3-5,10,12,18H,6-8H2,1-2H3,(H,16,19). The Balaban J connectivity index is 1.94. The Morgan fingerprint density at radius 3 is 2.89 bits per heavy atom. The van der Waals surface area contributed by atoms with Crippen molar-refractivity contribution in [1.82, 2.24) is 4.90 Å². The van der Waals surface area contributed by atoms with Gasteiger partial charge in [0, 0.05) is 13.6 Å². The van der Waals surface area contributed by atoms with Gasteiger partial charge in [0.05, 0.1) is 16.8 Å². The van der Waals surface area contributed by atoms with Crippen molar-refractivity contribution in [2.45, 2.75) is 25.9 Å². The molecule has 1 aliphatic rings. The number of anilines is 1. The van der Waals surface area contributed by atoms with E-state index in [1.165, 1.54) is 4.90 Å². The summed E-state index contributed by atoms with van der Waals surface area (Å²) in [7, 11) is 1.67. The van der Waals surface area contributed by atoms with Crippen LogP contribution in [0.15, 0.2) is 18.2 Å². The van der Waals surface area contributed by atoms with Crippen LogP contribution in [0.5, 0.6) is 0 Å². The predicted molar refractivity (Wildman–Crippen MR) is 76.6 cm³/mol. The van der Waals surface area contributed by atoms with Gasteiger partial charge in [-0.3, -0.25) is 0 Å². The summed E-state index contributed by atoms with van der Waals surface area (Å²) in [5.41, 5.74) is 1.51. The molecule has 0 aliphatic heterocycles. The lowest BCUT2D eigenvalue weighted by atomic mass is 10.2. The van der Waals surface area contributed by atoms with Gasteiger partial charge >= 0.3 is 6.03 Å². The monoisotopic (exact) mass is 282 g/mol. The van der Waals surface area contributed by atoms with Crippen LogP contribution in [-0.2, 0) is 0 Å². The maximum atomic E-state index is 12.0. The number of aliphatic hydroxyl groups excluding tert-OH is 1. The normalized spacial score (nSPS) is 16.0. The summed E-state index contributed by atoms with van der Waals surface area (Å²) in [6.07, 6.45) is 1.68. The van der Waals surface area contributed by atoms with Crippen LogP contribution >= 0.6 is 11.6 Å². The number of halogens is 1. The highest BCUT2D eigenvalue weighted by molar-refractivity contribution is 6.34. The molecule has 0 heterocycles. The summed E-state index contributed by atoms with van der Waals surface area (Å²) in [6.45, 7) is 2.23. The zero-order valence-corrected chi connectivity index (χ0v) is 11.9. The molecule has 5 heteroatoms. The molecule has 0 bridgehead atoms. The first kappa shape index (κ1) is 14.2. The maximum Gasteiger partial charge on any atom is 0.321 e. The molecule has 0 spiro atoms. The quantitative estimate of drug-likeness (QED) is 0.892. The number of carbonyl (C=O) groups is 1. The van der Waals surface area contributed by atoms with Crippen molar-refractivity contribution < 1.29 is 9.90 Å². The van der Waals surface area contributed by atoms with Gasteiger partial charge in [-0.05, 0) is 37.3 Å². The van der Waals surface area contributed by atoms with Gasteiger partial charge in [-0.15, -0.1) is 0 Å². The van der Waals surface area contributed by atoms with Crippen LogP contribution in [0.3, 0.4) is 0 Å². The van der Waals surface area contributed by atoms with Crippen LogP contribution < -0.4 is 5.32 Å². The molecule has 104 valence electrons. The number of nitrogens with one attached hydrogen (secondary N) is 1. The van der Waals surface area contributed by atoms with Crippen LogP contribution in [0.25, 0.3) is 0 Å². The second-order valence-electron chi connectivity index (χ2n) is 5.15. The average molecular weight is 283 g/mol. The third kappa shape index (κ3) is 3.61. The van der Waals surface area contributed by atoms with Crippen LogP contribution in [0.2, 0.25) is 5.02 Å². The molecule has 2 N–H and O–H groups in total. The Kier molecular flexibility index (Phi) is 4.32. The van der Waals surface area contributed by atoms with Gasteiger partial charge in [0.15, 0.2) is 0 Å². The van der Waals surface area contributed by atoms with Gasteiger partial charge < -0.3 is 15.3 Å². The molecular weight excluding hydrogens is 264 g/mol. The summed E-state index contributed by atoms with van der Waals surface area (Å²) in [5, 5.41) is 13.1. The average Bonchev–Trinajstić information content (AvgIpc) is 3.18. The molecule has 0 saturated heterocycles. The van der Waals surface area contributed by atoms with E-state index in [4.69, 9.17) is 11.6 Å². The molecule has 1 aromatic carbocycles. The second kappa shape index (κ2) is 5.80. The Bertz CT molecular complexity index is 475. The zero-order valence-electron chi connectivity index (χ0n) is 11.2. The summed E-state index contributed by atoms with van der Waals surface area (Å²) in [5.74, 6) is 0.359. The van der Waals surface area contributed by atoms with Crippen LogP contribution in [-0.4, -0.2) is 35.7 Å². The Morgan fingerprint density at radius 2 is 2.26 bits per heavy atom. The van der Waals surface area contributed by atoms with Crippen molar-refractivity contribution in [1.29, 1.82) is 0 Å². The highest BCUT2D eigenvalue weighted by Gasteiger charge is 2.31. The van der Waals surface area contributed by atoms with Crippen molar-refractivity contribution in [3.05, 3.63) is 28.8 Å². The lowest BCUT2D eigenvalue weighted by Crippen LogP contribution is -2.38. The highest BCUT2D eigenvalue weighted by Crippen LogP contribution is 2.32. The van der Waals surface area contributed by atoms with Gasteiger partial charge in [0.2, 0.25) is 0 Å². The number of nitrogens with zero attached hydrogens (tertiary/aromatic N) is 1. The minimum absolute atomic E-state index is 0.257. The molecule has 0 radical (unpaired) electrons. The van der Waals surface area contributed by atoms with Crippen molar-refractivity contribution >= 4 is 23.3 Å². The van der Waals surface area contributed by atoms with Crippen molar-refractivity contribution in [3.8, 4) is 0 Å². The van der Waals surface area contributed by atoms with Gasteiger partial charge in [0.1, 0.15) is 0 Å². The maximum absolute atomic E-state index is 12.0. The summed E-state index contributed by atoms with van der Waals surface area (Å²) in [4.78, 5) is 13.5. The van der Waals surface area contributed by atoms with Gasteiger partial charge in [-0.25, -0.2) is 4.79 Å². The molecule has 2 amide bonds. The Morgan fingerprint density at radius 1 is 1.58 bits per heavy atom. The van der Waals surface area contributed by atoms with E-state index in [1.54, 1.807) is 13.1 Å². The topological polar surface area (TPSA) is 52.6 Å². The van der Waals surface area contributed by atoms with E-state index in [0.717, 1.165) is 18.4 Å². The first-order valence-electron chi connectivity index (χ1n) is 6.44. The van der Waals surface area contributed by atoms with E-state index < -0.39 is 6.10 Å². The molecule has 1 unspecified atom stereocenters. The molecular formula is C14H19ClN2O2. The molecule has 2 rings (SSSR count). The largest absolute Gasteiger partial charge is 0.391 e. The summed E-state index contributed by atoms with van der Waals surface area (Å²) in [6, 6.07) is 5.24. The van der Waals surface area contributed by atoms with Crippen molar-refractivity contribution in [2.75, 3.05) is 18.9 Å². The van der Waals surface area contributed by atoms with Crippen molar-refractivity contribution in [3.63, 3.8) is 0 Å². The second-order valence-corrected chi connectivity index (χ2v) is 5.53. The summed E-state index contributed by atoms with van der Waals surface area (Å²) >= 11 is 6.13. The summed E-state index contributed by atoms with van der Waals surface area (Å²) < 4.78 is 0. The SMILES string of the molecule is Cc1cccc(NC(=O)N(C)CC(O)C2CC2)c1Cl. The number of aryl methyl sites for hydroxylation is 1. The van der Waals surface area contributed by atoms with E-state index in [0.29, 0.717) is 23.2 Å². The van der Waals surface area contributed by atoms with E-state index in [9.17, 15) is 9.90 Å². The third-order valence-corrected chi connectivity index (χ3v) is 3.91. The first-order valence-corrected chi connectivity index (χ1v) is 6.82. The molecule has 0 aromatic heterocycles. The molecule has 19 heavy (non-hydrogen) atoms. The van der Waals surface area contributed by atoms with Gasteiger partial charge in [-0.2, -0.15) is 0 Å². The number of carbonyl (C=O) groups excluding carboxylic acids is 1. The lowest BCUT2D eigenvalue weighted by Gasteiger charge is -2.21. The number of likely N-dealkylation sites (N-methyl/N-ethyl adjacent to an activating group) is 1. The Labute approximate surface area is 118 Å². The molecule has 4 nitrogen and oxygen atoms in total. The van der Waals surface area contributed by atoms with Crippen LogP contribution in [0, 0.1) is 12.8 Å². The van der Waals surface area contributed by atoms with Crippen LogP contribution in [0.4, 0.5) is 10.5 Å². The highest BCUT2D eigenvalue weighted by atomic mass is 35.5. The fourth-order valence-electron chi connectivity index (χ4n) is 1.95. The molecule has 1 atom stereocenters. The van der Waals surface area contributed by atoms with E-state index in [2.05, 4.69) is 5.32 Å². The number of aliphatic hydroxyl groups is 1. The molecule has 1 aromatic rings. The number of hydrogen-bond acceptors (Lipinski definition) is 2. The van der Waals surface area contributed by atoms with E-state index in [1.807, 2.05) is 19.1 Å². The van der Waals surface area contributed by atoms with E-state index in [-0.39, 0.29) is 6.03 Å².